The van der Waals surface area contributed by atoms with Crippen LogP contribution >= 0.6 is 0 Å². The topological polar surface area (TPSA) is 24.5 Å². The number of nitrogens with zero attached hydrogens (tertiary/aromatic N) is 1. The maximum absolute atomic E-state index is 5.63. The summed E-state index contributed by atoms with van der Waals surface area (Å²) in [5.74, 6) is 1.94. The first kappa shape index (κ1) is 12.3. The predicted octanol–water partition coefficient (Wildman–Crippen LogP) is 3.01. The molecule has 1 aromatic carbocycles. The molecule has 4 atom stereocenters. The van der Waals surface area contributed by atoms with Crippen molar-refractivity contribution in [2.75, 3.05) is 25.5 Å². The molecule has 1 saturated carbocycles. The van der Waals surface area contributed by atoms with E-state index in [2.05, 4.69) is 28.4 Å². The summed E-state index contributed by atoms with van der Waals surface area (Å²) in [6, 6.07) is 8.04. The van der Waals surface area contributed by atoms with Crippen molar-refractivity contribution in [3.05, 3.63) is 23.8 Å². The lowest BCUT2D eigenvalue weighted by Crippen LogP contribution is -2.58. The molecule has 3 fully saturated rings. The number of benzene rings is 1. The highest BCUT2D eigenvalue weighted by molar-refractivity contribution is 5.71. The third-order valence-electron chi connectivity index (χ3n) is 6.71. The van der Waals surface area contributed by atoms with Gasteiger partial charge in [-0.15, -0.1) is 0 Å². The van der Waals surface area contributed by atoms with Crippen LogP contribution in [0.3, 0.4) is 0 Å². The monoisotopic (exact) mass is 284 g/mol. The van der Waals surface area contributed by atoms with Gasteiger partial charge in [0.2, 0.25) is 0 Å². The molecule has 3 heterocycles. The standard InChI is InChI=1S/C18H24N2O/c1-21-14-6-2-5-13-16(14)19-15-8-7-12-4-3-10-20-11-9-18(13,15)17(12)20/h2,5-6,12,15,17,19H,3-4,7-11H2,1H3/t12?,15-,17?,18-/m1/s1. The Hall–Kier alpha value is -1.22. The number of nitrogens with one attached hydrogen (secondary N) is 1. The van der Waals surface area contributed by atoms with Crippen molar-refractivity contribution in [3.63, 3.8) is 0 Å². The molecule has 21 heavy (non-hydrogen) atoms. The number of hydrogen-bond acceptors (Lipinski definition) is 3. The minimum absolute atomic E-state index is 0.354. The van der Waals surface area contributed by atoms with Gasteiger partial charge < -0.3 is 10.1 Å². The minimum atomic E-state index is 0.354. The summed E-state index contributed by atoms with van der Waals surface area (Å²) in [5, 5.41) is 3.86. The number of piperidine rings is 1. The Kier molecular flexibility index (Phi) is 2.44. The van der Waals surface area contributed by atoms with Gasteiger partial charge in [-0.25, -0.2) is 0 Å². The van der Waals surface area contributed by atoms with Gasteiger partial charge in [0, 0.05) is 17.5 Å². The van der Waals surface area contributed by atoms with E-state index in [0.29, 0.717) is 11.5 Å². The predicted molar refractivity (Wildman–Crippen MR) is 84.0 cm³/mol. The van der Waals surface area contributed by atoms with E-state index >= 15 is 0 Å². The molecular weight excluding hydrogens is 260 g/mol. The van der Waals surface area contributed by atoms with Crippen LogP contribution in [0.4, 0.5) is 5.69 Å². The molecule has 4 aliphatic rings. The van der Waals surface area contributed by atoms with Gasteiger partial charge in [0.15, 0.2) is 0 Å². The highest BCUT2D eigenvalue weighted by Gasteiger charge is 2.62. The van der Waals surface area contributed by atoms with Gasteiger partial charge in [-0.1, -0.05) is 12.1 Å². The van der Waals surface area contributed by atoms with Gasteiger partial charge in [0.25, 0.3) is 0 Å². The zero-order chi connectivity index (χ0) is 14.0. The average Bonchev–Trinajstić information content (AvgIpc) is 3.08. The highest BCUT2D eigenvalue weighted by atomic mass is 16.5. The molecule has 2 saturated heterocycles. The second kappa shape index (κ2) is 4.16. The number of hydrogen-bond donors (Lipinski definition) is 1. The van der Waals surface area contributed by atoms with Crippen LogP contribution in [0.2, 0.25) is 0 Å². The maximum atomic E-state index is 5.63. The molecule has 3 aliphatic heterocycles. The van der Waals surface area contributed by atoms with Gasteiger partial charge in [-0.2, -0.15) is 0 Å². The van der Waals surface area contributed by atoms with Crippen molar-refractivity contribution in [3.8, 4) is 5.75 Å². The second-order valence-electron chi connectivity index (χ2n) is 7.33. The van der Waals surface area contributed by atoms with Crippen LogP contribution < -0.4 is 10.1 Å². The van der Waals surface area contributed by atoms with Crippen LogP contribution in [0.15, 0.2) is 18.2 Å². The molecule has 2 unspecified atom stereocenters. The molecule has 0 amide bonds. The van der Waals surface area contributed by atoms with Crippen LogP contribution in [0.1, 0.15) is 37.7 Å². The fourth-order valence-electron chi connectivity index (χ4n) is 6.04. The number of methoxy groups -OCH3 is 1. The van der Waals surface area contributed by atoms with Crippen molar-refractivity contribution >= 4 is 5.69 Å². The number of fused-ring (bicyclic) bond motifs is 1. The minimum Gasteiger partial charge on any atom is -0.495 e. The van der Waals surface area contributed by atoms with E-state index in [1.54, 1.807) is 12.7 Å². The summed E-state index contributed by atoms with van der Waals surface area (Å²) in [7, 11) is 1.79. The van der Waals surface area contributed by atoms with E-state index in [4.69, 9.17) is 4.74 Å². The molecule has 1 spiro atoms. The molecule has 0 radical (unpaired) electrons. The number of anilines is 1. The first-order valence-corrected chi connectivity index (χ1v) is 8.52. The van der Waals surface area contributed by atoms with E-state index in [1.165, 1.54) is 50.9 Å². The Morgan fingerprint density at radius 3 is 3.10 bits per heavy atom. The van der Waals surface area contributed by atoms with E-state index < -0.39 is 0 Å². The number of ether oxygens (including phenoxy) is 1. The first-order valence-electron chi connectivity index (χ1n) is 8.52. The summed E-state index contributed by atoms with van der Waals surface area (Å²) in [5.41, 5.74) is 3.19. The summed E-state index contributed by atoms with van der Waals surface area (Å²) >= 11 is 0. The number of para-hydroxylation sites is 1. The van der Waals surface area contributed by atoms with E-state index in [0.717, 1.165) is 17.7 Å². The van der Waals surface area contributed by atoms with E-state index in [1.807, 2.05) is 0 Å². The summed E-state index contributed by atoms with van der Waals surface area (Å²) in [6.45, 7) is 2.60. The largest absolute Gasteiger partial charge is 0.495 e. The lowest BCUT2D eigenvalue weighted by molar-refractivity contribution is 0.0548. The first-order chi connectivity index (χ1) is 10.3. The third kappa shape index (κ3) is 1.39. The average molecular weight is 284 g/mol. The molecular formula is C18H24N2O. The molecule has 0 bridgehead atoms. The fraction of sp³-hybridized carbons (Fsp3) is 0.667. The zero-order valence-electron chi connectivity index (χ0n) is 12.8. The van der Waals surface area contributed by atoms with Gasteiger partial charge in [0.1, 0.15) is 5.75 Å². The smallest absolute Gasteiger partial charge is 0.142 e. The molecule has 1 aromatic rings. The lowest BCUT2D eigenvalue weighted by Gasteiger charge is -2.50. The molecule has 112 valence electrons. The van der Waals surface area contributed by atoms with E-state index in [-0.39, 0.29) is 0 Å². The van der Waals surface area contributed by atoms with Gasteiger partial charge in [0.05, 0.1) is 12.8 Å². The summed E-state index contributed by atoms with van der Waals surface area (Å²) in [6.07, 6.45) is 6.89. The van der Waals surface area contributed by atoms with Gasteiger partial charge in [-0.3, -0.25) is 4.90 Å². The second-order valence-corrected chi connectivity index (χ2v) is 7.33. The van der Waals surface area contributed by atoms with Crippen LogP contribution in [-0.2, 0) is 5.41 Å². The van der Waals surface area contributed by atoms with Crippen LogP contribution in [-0.4, -0.2) is 37.2 Å². The quantitative estimate of drug-likeness (QED) is 0.858. The SMILES string of the molecule is COc1cccc2c1N[C@@H]1CCC3CCCN4CC[C@@]21C34. The van der Waals surface area contributed by atoms with Crippen molar-refractivity contribution in [2.24, 2.45) is 5.92 Å². The maximum Gasteiger partial charge on any atom is 0.142 e. The van der Waals surface area contributed by atoms with Crippen molar-refractivity contribution in [1.82, 2.24) is 4.90 Å². The molecule has 1 N–H and O–H groups in total. The molecule has 0 aromatic heterocycles. The molecule has 3 heteroatoms. The van der Waals surface area contributed by atoms with Crippen LogP contribution in [0.5, 0.6) is 5.75 Å². The van der Waals surface area contributed by atoms with Gasteiger partial charge >= 0.3 is 0 Å². The third-order valence-corrected chi connectivity index (χ3v) is 6.71. The molecule has 5 rings (SSSR count). The highest BCUT2D eigenvalue weighted by Crippen LogP contribution is 2.60. The van der Waals surface area contributed by atoms with Crippen LogP contribution in [0, 0.1) is 5.92 Å². The Morgan fingerprint density at radius 1 is 1.24 bits per heavy atom. The normalized spacial score (nSPS) is 40.1. The molecule has 1 aliphatic carbocycles. The van der Waals surface area contributed by atoms with Crippen molar-refractivity contribution in [1.29, 1.82) is 0 Å². The summed E-state index contributed by atoms with van der Waals surface area (Å²) in [4.78, 5) is 2.80. The van der Waals surface area contributed by atoms with Crippen LogP contribution in [0.25, 0.3) is 0 Å². The Morgan fingerprint density at radius 2 is 2.19 bits per heavy atom. The van der Waals surface area contributed by atoms with Gasteiger partial charge in [-0.05, 0) is 62.7 Å². The molecule has 3 nitrogen and oxygen atoms in total. The summed E-state index contributed by atoms with van der Waals surface area (Å²) < 4.78 is 5.63. The van der Waals surface area contributed by atoms with E-state index in [9.17, 15) is 0 Å². The fourth-order valence-corrected chi connectivity index (χ4v) is 6.04. The van der Waals surface area contributed by atoms with Crippen molar-refractivity contribution < 1.29 is 4.74 Å². The number of rotatable bonds is 1. The zero-order valence-corrected chi connectivity index (χ0v) is 12.8. The Balaban J connectivity index is 1.70. The lowest BCUT2D eigenvalue weighted by atomic mass is 9.60. The van der Waals surface area contributed by atoms with Crippen molar-refractivity contribution in [2.45, 2.75) is 49.6 Å². The Bertz CT molecular complexity index is 587. The Labute approximate surface area is 126 Å².